The summed E-state index contributed by atoms with van der Waals surface area (Å²) in [6.45, 7) is 3.41. The Balaban J connectivity index is 2.00. The molecule has 0 aliphatic rings. The van der Waals surface area contributed by atoms with Crippen LogP contribution in [0.5, 0.6) is 11.5 Å². The zero-order chi connectivity index (χ0) is 24.9. The Morgan fingerprint density at radius 2 is 1.88 bits per heavy atom. The first kappa shape index (κ1) is 25.4. The molecule has 2 aromatic carbocycles. The van der Waals surface area contributed by atoms with Gasteiger partial charge in [-0.25, -0.2) is 13.4 Å². The van der Waals surface area contributed by atoms with Gasteiger partial charge >= 0.3 is 0 Å². The molecule has 0 unspecified atom stereocenters. The van der Waals surface area contributed by atoms with Crippen molar-refractivity contribution in [3.8, 4) is 22.8 Å². The van der Waals surface area contributed by atoms with E-state index in [-0.39, 0.29) is 21.5 Å². The lowest BCUT2D eigenvalue weighted by Gasteiger charge is -2.14. The molecule has 182 valence electrons. The highest BCUT2D eigenvalue weighted by Gasteiger charge is 2.22. The van der Waals surface area contributed by atoms with Crippen LogP contribution in [0, 0.1) is 10.1 Å². The van der Waals surface area contributed by atoms with E-state index in [0.717, 1.165) is 17.8 Å². The van der Waals surface area contributed by atoms with Gasteiger partial charge in [0, 0.05) is 35.2 Å². The van der Waals surface area contributed by atoms with Crippen LogP contribution in [0.25, 0.3) is 11.3 Å². The van der Waals surface area contributed by atoms with Crippen molar-refractivity contribution >= 4 is 32.2 Å². The van der Waals surface area contributed by atoms with Gasteiger partial charge in [-0.15, -0.1) is 0 Å². The number of hydrogen-bond donors (Lipinski definition) is 1. The molecule has 0 saturated carbocycles. The summed E-state index contributed by atoms with van der Waals surface area (Å²) in [6, 6.07) is 10.4. The van der Waals surface area contributed by atoms with E-state index in [1.165, 1.54) is 55.9 Å². The van der Waals surface area contributed by atoms with Crippen molar-refractivity contribution in [2.75, 3.05) is 32.5 Å². The fourth-order valence-electron chi connectivity index (χ4n) is 3.36. The molecule has 1 aromatic heterocycles. The molecule has 3 aromatic rings. The van der Waals surface area contributed by atoms with Gasteiger partial charge in [0.15, 0.2) is 16.6 Å². The number of hydrogen-bond acceptors (Lipinski definition) is 9. The zero-order valence-electron chi connectivity index (χ0n) is 19.3. The minimum Gasteiger partial charge on any atom is -0.493 e. The number of nitrogens with zero attached hydrogens (tertiary/aromatic N) is 3. The van der Waals surface area contributed by atoms with Crippen LogP contribution in [0.1, 0.15) is 18.2 Å². The van der Waals surface area contributed by atoms with Gasteiger partial charge in [0.05, 0.1) is 29.7 Å². The molecule has 1 N–H and O–H groups in total. The van der Waals surface area contributed by atoms with Gasteiger partial charge in [-0.3, -0.25) is 14.8 Å². The monoisotopic (exact) mass is 506 g/mol. The summed E-state index contributed by atoms with van der Waals surface area (Å²) in [5.74, 6) is 0.689. The normalized spacial score (nSPS) is 11.4. The smallest absolute Gasteiger partial charge is 0.270 e. The van der Waals surface area contributed by atoms with Crippen LogP contribution < -0.4 is 14.2 Å². The number of non-ortho nitro benzene ring substituents is 1. The average molecular weight is 507 g/mol. The molecule has 12 heteroatoms. The molecule has 0 saturated heterocycles. The molecule has 0 fully saturated rings. The molecular formula is C22H26N4O6S2. The molecule has 0 aliphatic carbocycles. The number of sulfonamides is 1. The third-order valence-corrected chi connectivity index (χ3v) is 7.35. The number of aromatic nitrogens is 1. The highest BCUT2D eigenvalue weighted by molar-refractivity contribution is 7.93. The van der Waals surface area contributed by atoms with Crippen LogP contribution in [0.4, 0.5) is 10.8 Å². The van der Waals surface area contributed by atoms with Crippen molar-refractivity contribution in [2.24, 2.45) is 0 Å². The Kier molecular flexibility index (Phi) is 8.07. The van der Waals surface area contributed by atoms with E-state index in [4.69, 9.17) is 9.47 Å². The molecule has 34 heavy (non-hydrogen) atoms. The first-order valence-electron chi connectivity index (χ1n) is 10.4. The van der Waals surface area contributed by atoms with Gasteiger partial charge in [-0.1, -0.05) is 30.4 Å². The van der Waals surface area contributed by atoms with Gasteiger partial charge in [-0.2, -0.15) is 0 Å². The molecule has 0 atom stereocenters. The molecule has 0 spiro atoms. The molecule has 3 rings (SSSR count). The lowest BCUT2D eigenvalue weighted by molar-refractivity contribution is -0.384. The molecule has 1 heterocycles. The van der Waals surface area contributed by atoms with E-state index in [1.54, 1.807) is 12.1 Å². The fourth-order valence-corrected chi connectivity index (χ4v) is 5.67. The number of anilines is 1. The summed E-state index contributed by atoms with van der Waals surface area (Å²) in [6.07, 6.45) is 0.945. The minimum absolute atomic E-state index is 0.0121. The lowest BCUT2D eigenvalue weighted by Crippen LogP contribution is -2.18. The van der Waals surface area contributed by atoms with Crippen molar-refractivity contribution in [3.63, 3.8) is 0 Å². The van der Waals surface area contributed by atoms with Crippen molar-refractivity contribution in [2.45, 2.75) is 24.8 Å². The topological polar surface area (TPSA) is 124 Å². The molecule has 0 amide bonds. The maximum absolute atomic E-state index is 13.1. The van der Waals surface area contributed by atoms with Crippen LogP contribution in [-0.4, -0.2) is 51.0 Å². The highest BCUT2D eigenvalue weighted by atomic mass is 32.2. The van der Waals surface area contributed by atoms with E-state index in [1.807, 2.05) is 7.05 Å². The summed E-state index contributed by atoms with van der Waals surface area (Å²) in [7, 11) is 0.864. The maximum Gasteiger partial charge on any atom is 0.270 e. The van der Waals surface area contributed by atoms with Crippen LogP contribution in [0.3, 0.4) is 0 Å². The second-order valence-electron chi connectivity index (χ2n) is 7.46. The van der Waals surface area contributed by atoms with E-state index in [2.05, 4.69) is 21.5 Å². The van der Waals surface area contributed by atoms with Gasteiger partial charge in [0.1, 0.15) is 0 Å². The Hall–Kier alpha value is -3.22. The van der Waals surface area contributed by atoms with Gasteiger partial charge in [-0.05, 0) is 32.1 Å². The number of methoxy groups -OCH3 is 2. The second kappa shape index (κ2) is 10.8. The first-order chi connectivity index (χ1) is 16.2. The second-order valence-corrected chi connectivity index (χ2v) is 10.2. The van der Waals surface area contributed by atoms with Crippen molar-refractivity contribution in [1.29, 1.82) is 0 Å². The zero-order valence-corrected chi connectivity index (χ0v) is 20.9. The van der Waals surface area contributed by atoms with Crippen LogP contribution in [0.2, 0.25) is 0 Å². The fraction of sp³-hybridized carbons (Fsp3) is 0.318. The number of benzene rings is 2. The van der Waals surface area contributed by atoms with E-state index >= 15 is 0 Å². The third-order valence-electron chi connectivity index (χ3n) is 4.93. The minimum atomic E-state index is -3.98. The van der Waals surface area contributed by atoms with E-state index in [9.17, 15) is 18.5 Å². The summed E-state index contributed by atoms with van der Waals surface area (Å²) >= 11 is 1.19. The number of thiazole rings is 1. The summed E-state index contributed by atoms with van der Waals surface area (Å²) in [4.78, 5) is 18.1. The maximum atomic E-state index is 13.1. The number of rotatable bonds is 11. The first-order valence-corrected chi connectivity index (χ1v) is 12.7. The van der Waals surface area contributed by atoms with E-state index < -0.39 is 14.9 Å². The van der Waals surface area contributed by atoms with Crippen LogP contribution in [0.15, 0.2) is 47.4 Å². The number of ether oxygens (including phenoxy) is 2. The van der Waals surface area contributed by atoms with Crippen LogP contribution in [-0.2, 0) is 16.6 Å². The number of nitro benzene ring substituents is 1. The van der Waals surface area contributed by atoms with E-state index in [0.29, 0.717) is 23.6 Å². The lowest BCUT2D eigenvalue weighted by atomic mass is 10.1. The Morgan fingerprint density at radius 1 is 1.15 bits per heavy atom. The predicted molar refractivity (Wildman–Crippen MR) is 131 cm³/mol. The Morgan fingerprint density at radius 3 is 2.53 bits per heavy atom. The molecular weight excluding hydrogens is 480 g/mol. The quantitative estimate of drug-likeness (QED) is 0.300. The largest absolute Gasteiger partial charge is 0.493 e. The third kappa shape index (κ3) is 5.82. The predicted octanol–water partition coefficient (Wildman–Crippen LogP) is 4.38. The van der Waals surface area contributed by atoms with Gasteiger partial charge in [0.25, 0.3) is 15.7 Å². The van der Waals surface area contributed by atoms with Gasteiger partial charge in [0.2, 0.25) is 0 Å². The summed E-state index contributed by atoms with van der Waals surface area (Å²) in [5, 5.41) is 11.4. The van der Waals surface area contributed by atoms with Crippen molar-refractivity contribution in [1.82, 2.24) is 9.88 Å². The molecule has 0 bridgehead atoms. The summed E-state index contributed by atoms with van der Waals surface area (Å²) in [5.41, 5.74) is 0.981. The highest BCUT2D eigenvalue weighted by Crippen LogP contribution is 2.35. The molecule has 0 radical (unpaired) electrons. The Bertz CT molecular complexity index is 1280. The molecule has 0 aliphatic heterocycles. The summed E-state index contributed by atoms with van der Waals surface area (Å²) < 4.78 is 39.0. The average Bonchev–Trinajstić information content (AvgIpc) is 3.19. The molecule has 10 nitrogen and oxygen atoms in total. The van der Waals surface area contributed by atoms with Crippen molar-refractivity contribution < 1.29 is 22.8 Å². The Labute approximate surface area is 202 Å². The standard InChI is InChI=1S/C22H26N4O6S2/c1-5-11-25(2)14-20-21(15-7-6-8-16(12-15)26(27)28)23-22(33-20)24-34(29,30)17-9-10-18(31-3)19(13-17)32-4/h6-10,12-13H,5,11,14H2,1-4H3,(H,23,24). The number of nitro groups is 1. The number of nitrogens with one attached hydrogen (secondary N) is 1. The van der Waals surface area contributed by atoms with Crippen LogP contribution >= 0.6 is 11.3 Å². The van der Waals surface area contributed by atoms with Crippen molar-refractivity contribution in [3.05, 3.63) is 57.5 Å². The SMILES string of the molecule is CCCN(C)Cc1sc(NS(=O)(=O)c2ccc(OC)c(OC)c2)nc1-c1cccc([N+](=O)[O-])c1. The van der Waals surface area contributed by atoms with Gasteiger partial charge < -0.3 is 14.4 Å².